The molecule has 2 aliphatic carbocycles. The second-order valence-electron chi connectivity index (χ2n) is 6.89. The Morgan fingerprint density at radius 2 is 2.00 bits per heavy atom. The van der Waals surface area contributed by atoms with Crippen molar-refractivity contribution in [2.45, 2.75) is 12.8 Å². The van der Waals surface area contributed by atoms with Gasteiger partial charge in [0.15, 0.2) is 0 Å². The molecule has 2 aliphatic rings. The summed E-state index contributed by atoms with van der Waals surface area (Å²) in [4.78, 5) is 12.7. The Morgan fingerprint density at radius 3 is 2.55 bits per heavy atom. The third-order valence-corrected chi connectivity index (χ3v) is 6.19. The molecule has 0 spiro atoms. The Morgan fingerprint density at radius 1 is 1.31 bits per heavy atom. The van der Waals surface area contributed by atoms with Gasteiger partial charge in [0.2, 0.25) is 0 Å². The Balaban J connectivity index is 2.04. The summed E-state index contributed by atoms with van der Waals surface area (Å²) in [6, 6.07) is 7.60. The minimum Gasteiger partial charge on any atom is -0.354 e. The van der Waals surface area contributed by atoms with E-state index < -0.39 is 0 Å². The number of allylic oxidation sites excluding steroid dienone is 4. The van der Waals surface area contributed by atoms with Gasteiger partial charge in [0, 0.05) is 42.1 Å². The fraction of sp³-hybridized carbons (Fsp3) is 0.333. The highest BCUT2D eigenvalue weighted by Gasteiger charge is 2.34. The van der Waals surface area contributed by atoms with E-state index in [2.05, 4.69) is 30.9 Å². The first-order valence-electron chi connectivity index (χ1n) is 9.51. The van der Waals surface area contributed by atoms with Gasteiger partial charge in [0.1, 0.15) is 5.70 Å². The van der Waals surface area contributed by atoms with Crippen LogP contribution in [0.25, 0.3) is 0 Å². The number of hydrogen-bond donors (Lipinski definition) is 4. The molecule has 1 aromatic carbocycles. The van der Waals surface area contributed by atoms with Gasteiger partial charge < -0.3 is 26.1 Å². The van der Waals surface area contributed by atoms with Crippen LogP contribution >= 0.6 is 27.9 Å². The van der Waals surface area contributed by atoms with E-state index in [1.165, 1.54) is 5.57 Å². The van der Waals surface area contributed by atoms with Crippen molar-refractivity contribution in [3.8, 4) is 0 Å². The van der Waals surface area contributed by atoms with Crippen LogP contribution in [-0.4, -0.2) is 42.3 Å². The fourth-order valence-electron chi connectivity index (χ4n) is 3.23. The number of nitrogens with two attached hydrogens (primary N) is 1. The third-order valence-electron chi connectivity index (χ3n) is 4.84. The lowest BCUT2D eigenvalue weighted by Gasteiger charge is -2.29. The molecule has 0 radical (unpaired) electrons. The van der Waals surface area contributed by atoms with E-state index in [-0.39, 0.29) is 5.91 Å². The number of nitrogens with zero attached hydrogens (tertiary/aromatic N) is 1. The normalized spacial score (nSPS) is 18.0. The van der Waals surface area contributed by atoms with E-state index in [1.807, 2.05) is 42.7 Å². The molecule has 0 heterocycles. The van der Waals surface area contributed by atoms with Crippen molar-refractivity contribution in [1.82, 2.24) is 9.62 Å². The highest BCUT2D eigenvalue weighted by molar-refractivity contribution is 9.10. The number of nitrogens with one attached hydrogen (secondary N) is 3. The second kappa shape index (κ2) is 9.65. The highest BCUT2D eigenvalue weighted by Crippen LogP contribution is 2.44. The van der Waals surface area contributed by atoms with Crippen LogP contribution in [0.15, 0.2) is 63.4 Å². The van der Waals surface area contributed by atoms with Crippen molar-refractivity contribution in [3.63, 3.8) is 0 Å². The average Bonchev–Trinajstić information content (AvgIpc) is 3.56. The maximum atomic E-state index is 12.7. The fourth-order valence-corrected chi connectivity index (χ4v) is 4.13. The van der Waals surface area contributed by atoms with Crippen molar-refractivity contribution in [1.29, 1.82) is 5.41 Å². The van der Waals surface area contributed by atoms with Crippen LogP contribution in [0.1, 0.15) is 12.8 Å². The molecule has 29 heavy (non-hydrogen) atoms. The van der Waals surface area contributed by atoms with Gasteiger partial charge in [0.05, 0.1) is 11.4 Å². The lowest BCUT2D eigenvalue weighted by Crippen LogP contribution is -2.30. The van der Waals surface area contributed by atoms with Crippen molar-refractivity contribution >= 4 is 45.2 Å². The van der Waals surface area contributed by atoms with Crippen molar-refractivity contribution < 1.29 is 4.79 Å². The second-order valence-corrected chi connectivity index (χ2v) is 8.61. The Hall–Kier alpha value is -2.03. The first kappa shape index (κ1) is 21.7. The van der Waals surface area contributed by atoms with E-state index in [4.69, 9.17) is 11.1 Å². The van der Waals surface area contributed by atoms with Crippen LogP contribution < -0.4 is 16.4 Å². The number of carbonyl (C=O) groups excluding carboxylic acids is 1. The molecule has 1 amide bonds. The number of rotatable bonds is 8. The van der Waals surface area contributed by atoms with Gasteiger partial charge in [-0.25, -0.2) is 0 Å². The molecule has 0 aliphatic heterocycles. The number of benzene rings is 1. The molecular formula is C21H26BrN5OS. The standard InChI is InChI=1S/C21H26BrN5OS/c1-25-21(28)20(26-15-7-5-14(22)6-8-15)17-11-16(13-3-4-13)19(12-18(17)24)27(29-2)10-9-23/h5-8,11-13,24,26H,3-4,9-10,23H2,1-2H3,(H,25,28)/b20-17-,24-18?. The Kier molecular flexibility index (Phi) is 7.21. The van der Waals surface area contributed by atoms with Gasteiger partial charge >= 0.3 is 0 Å². The predicted octanol–water partition coefficient (Wildman–Crippen LogP) is 3.65. The van der Waals surface area contributed by atoms with Crippen LogP contribution in [0.3, 0.4) is 0 Å². The Labute approximate surface area is 184 Å². The van der Waals surface area contributed by atoms with Crippen LogP contribution in [-0.2, 0) is 4.79 Å². The molecule has 0 bridgehead atoms. The van der Waals surface area contributed by atoms with Gasteiger partial charge in [-0.15, -0.1) is 0 Å². The SMILES string of the molecule is CNC(=O)/C(Nc1ccc(Br)cc1)=C1\C=C(C2CC2)C(N(CCN)SC)=CC1=N. The van der Waals surface area contributed by atoms with Gasteiger partial charge in [-0.2, -0.15) is 0 Å². The number of anilines is 1. The number of halogens is 1. The average molecular weight is 476 g/mol. The van der Waals surface area contributed by atoms with Crippen LogP contribution in [0, 0.1) is 11.3 Å². The summed E-state index contributed by atoms with van der Waals surface area (Å²) in [6.45, 7) is 1.25. The Bertz CT molecular complexity index is 887. The van der Waals surface area contributed by atoms with Gasteiger partial charge in [0.25, 0.3) is 5.91 Å². The first-order chi connectivity index (χ1) is 14.0. The summed E-state index contributed by atoms with van der Waals surface area (Å²) in [7, 11) is 1.60. The molecule has 0 atom stereocenters. The molecule has 1 aromatic rings. The third kappa shape index (κ3) is 5.12. The minimum absolute atomic E-state index is 0.250. The quantitative estimate of drug-likeness (QED) is 0.340. The molecule has 6 nitrogen and oxygen atoms in total. The summed E-state index contributed by atoms with van der Waals surface area (Å²) in [5.74, 6) is 0.218. The largest absolute Gasteiger partial charge is 0.354 e. The molecule has 5 N–H and O–H groups in total. The lowest BCUT2D eigenvalue weighted by atomic mass is 9.92. The van der Waals surface area contributed by atoms with E-state index in [1.54, 1.807) is 19.0 Å². The van der Waals surface area contributed by atoms with Crippen molar-refractivity contribution in [2.75, 3.05) is 31.7 Å². The summed E-state index contributed by atoms with van der Waals surface area (Å²) in [6.07, 6.45) is 8.14. The molecule has 0 unspecified atom stereocenters. The first-order valence-corrected chi connectivity index (χ1v) is 11.5. The van der Waals surface area contributed by atoms with Gasteiger partial charge in [-0.05, 0) is 60.8 Å². The number of hydrogen-bond acceptors (Lipinski definition) is 6. The van der Waals surface area contributed by atoms with Crippen LogP contribution in [0.4, 0.5) is 5.69 Å². The number of likely N-dealkylation sites (N-methyl/N-ethyl adjacent to an activating group) is 1. The number of amides is 1. The molecular weight excluding hydrogens is 450 g/mol. The maximum absolute atomic E-state index is 12.7. The molecule has 1 saturated carbocycles. The minimum atomic E-state index is -0.250. The maximum Gasteiger partial charge on any atom is 0.268 e. The topological polar surface area (TPSA) is 94.2 Å². The van der Waals surface area contributed by atoms with E-state index in [9.17, 15) is 4.79 Å². The van der Waals surface area contributed by atoms with E-state index in [0.29, 0.717) is 36.0 Å². The van der Waals surface area contributed by atoms with Crippen molar-refractivity contribution in [3.05, 3.63) is 63.4 Å². The van der Waals surface area contributed by atoms with E-state index >= 15 is 0 Å². The van der Waals surface area contributed by atoms with Crippen LogP contribution in [0.2, 0.25) is 0 Å². The van der Waals surface area contributed by atoms with Crippen molar-refractivity contribution in [2.24, 2.45) is 11.7 Å². The summed E-state index contributed by atoms with van der Waals surface area (Å²) < 4.78 is 3.10. The summed E-state index contributed by atoms with van der Waals surface area (Å²) in [5.41, 5.74) is 10.1. The molecule has 8 heteroatoms. The number of carbonyl (C=O) groups is 1. The highest BCUT2D eigenvalue weighted by atomic mass is 79.9. The van der Waals surface area contributed by atoms with Gasteiger partial charge in [-0.3, -0.25) is 4.79 Å². The molecule has 0 aromatic heterocycles. The van der Waals surface area contributed by atoms with E-state index in [0.717, 1.165) is 28.7 Å². The monoisotopic (exact) mass is 475 g/mol. The lowest BCUT2D eigenvalue weighted by molar-refractivity contribution is -0.116. The van der Waals surface area contributed by atoms with Crippen LogP contribution in [0.5, 0.6) is 0 Å². The predicted molar refractivity (Wildman–Crippen MR) is 125 cm³/mol. The zero-order valence-electron chi connectivity index (χ0n) is 16.6. The molecule has 1 fully saturated rings. The summed E-state index contributed by atoms with van der Waals surface area (Å²) >= 11 is 5.03. The zero-order chi connectivity index (χ0) is 21.0. The smallest absolute Gasteiger partial charge is 0.268 e. The summed E-state index contributed by atoms with van der Waals surface area (Å²) in [5, 5.41) is 14.6. The molecule has 3 rings (SSSR count). The molecule has 0 saturated heterocycles. The van der Waals surface area contributed by atoms with Gasteiger partial charge in [-0.1, -0.05) is 27.9 Å². The zero-order valence-corrected chi connectivity index (χ0v) is 19.0. The molecule has 154 valence electrons.